The van der Waals surface area contributed by atoms with Crippen molar-refractivity contribution in [3.63, 3.8) is 0 Å². The molecule has 1 aromatic carbocycles. The van der Waals surface area contributed by atoms with Gasteiger partial charge in [-0.1, -0.05) is 38.8 Å². The van der Waals surface area contributed by atoms with Crippen molar-refractivity contribution in [3.8, 4) is 11.3 Å². The second-order valence-corrected chi connectivity index (χ2v) is 8.10. The van der Waals surface area contributed by atoms with Gasteiger partial charge >= 0.3 is 0 Å². The number of unbranched alkanes of at least 4 members (excludes halogenated alkanes) is 1. The van der Waals surface area contributed by atoms with E-state index in [0.29, 0.717) is 11.3 Å². The first-order valence-corrected chi connectivity index (χ1v) is 11.0. The van der Waals surface area contributed by atoms with E-state index < -0.39 is 0 Å². The van der Waals surface area contributed by atoms with Gasteiger partial charge in [-0.2, -0.15) is 0 Å². The lowest BCUT2D eigenvalue weighted by Crippen LogP contribution is -2.44. The van der Waals surface area contributed by atoms with Gasteiger partial charge in [-0.05, 0) is 43.3 Å². The van der Waals surface area contributed by atoms with Crippen molar-refractivity contribution in [2.24, 2.45) is 0 Å². The van der Waals surface area contributed by atoms with E-state index >= 15 is 0 Å². The van der Waals surface area contributed by atoms with Gasteiger partial charge < -0.3 is 15.2 Å². The molecule has 0 amide bonds. The Morgan fingerprint density at radius 3 is 2.39 bits per heavy atom. The summed E-state index contributed by atoms with van der Waals surface area (Å²) in [6.45, 7) is 10.3. The summed E-state index contributed by atoms with van der Waals surface area (Å²) in [7, 11) is 2.13. The standard InChI is InChI=1S/C21H23N5O.C4H10/c1-15-3-4-16(11-17(15)13-22)19-12-21(27)26-14-18(5-6-20(26)23-19)25-9-7-24(2)8-10-25;1-3-4-2/h3-6,11-14,22H,7-10H2,1-2H3;3-4H2,1-2H3. The zero-order valence-electron chi connectivity index (χ0n) is 19.1. The Bertz CT molecular complexity index is 1090. The van der Waals surface area contributed by atoms with E-state index in [0.717, 1.165) is 48.6 Å². The first kappa shape index (κ1) is 22.7. The van der Waals surface area contributed by atoms with Gasteiger partial charge in [0.15, 0.2) is 0 Å². The van der Waals surface area contributed by atoms with Crippen LogP contribution in [0.25, 0.3) is 16.9 Å². The minimum atomic E-state index is -0.0945. The number of aromatic nitrogens is 2. The SMILES string of the molecule is CCCC.Cc1ccc(-c2cc(=O)n3cc(N4CCN(C)CC4)ccc3n2)cc1C=N. The van der Waals surface area contributed by atoms with Crippen molar-refractivity contribution >= 4 is 17.5 Å². The van der Waals surface area contributed by atoms with Crippen molar-refractivity contribution in [2.45, 2.75) is 33.6 Å². The summed E-state index contributed by atoms with van der Waals surface area (Å²) in [5, 5.41) is 7.53. The number of piperazine rings is 1. The molecule has 4 rings (SSSR count). The summed E-state index contributed by atoms with van der Waals surface area (Å²) in [5.41, 5.74) is 4.93. The number of nitrogens with one attached hydrogen (secondary N) is 1. The predicted octanol–water partition coefficient (Wildman–Crippen LogP) is 4.23. The lowest BCUT2D eigenvalue weighted by molar-refractivity contribution is 0.313. The fraction of sp³-hybridized carbons (Fsp3) is 0.400. The number of nitrogens with zero attached hydrogens (tertiary/aromatic N) is 4. The average molecular weight is 420 g/mol. The molecule has 3 heterocycles. The van der Waals surface area contributed by atoms with E-state index in [1.807, 2.05) is 43.5 Å². The first-order chi connectivity index (χ1) is 15.0. The normalized spacial score (nSPS) is 14.3. The highest BCUT2D eigenvalue weighted by molar-refractivity contribution is 5.82. The molecule has 6 nitrogen and oxygen atoms in total. The lowest BCUT2D eigenvalue weighted by Gasteiger charge is -2.34. The van der Waals surface area contributed by atoms with E-state index in [4.69, 9.17) is 5.41 Å². The molecular formula is C25H33N5O. The third-order valence-corrected chi connectivity index (χ3v) is 5.74. The van der Waals surface area contributed by atoms with Crippen molar-refractivity contribution in [3.05, 3.63) is 64.1 Å². The van der Waals surface area contributed by atoms with Crippen molar-refractivity contribution in [1.29, 1.82) is 5.41 Å². The number of aryl methyl sites for hydroxylation is 1. The molecule has 3 aromatic rings. The van der Waals surface area contributed by atoms with Crippen molar-refractivity contribution in [1.82, 2.24) is 14.3 Å². The third kappa shape index (κ3) is 5.39. The molecule has 0 unspecified atom stereocenters. The summed E-state index contributed by atoms with van der Waals surface area (Å²) < 4.78 is 1.61. The lowest BCUT2D eigenvalue weighted by atomic mass is 10.0. The highest BCUT2D eigenvalue weighted by Gasteiger charge is 2.15. The maximum Gasteiger partial charge on any atom is 0.258 e. The van der Waals surface area contributed by atoms with Gasteiger partial charge in [0.1, 0.15) is 5.65 Å². The minimum absolute atomic E-state index is 0.0945. The van der Waals surface area contributed by atoms with Gasteiger partial charge in [0.2, 0.25) is 0 Å². The Morgan fingerprint density at radius 2 is 1.74 bits per heavy atom. The van der Waals surface area contributed by atoms with Crippen LogP contribution in [0.15, 0.2) is 47.4 Å². The maximum absolute atomic E-state index is 12.7. The molecular weight excluding hydrogens is 386 g/mol. The number of pyridine rings is 1. The van der Waals surface area contributed by atoms with Gasteiger partial charge in [0, 0.05) is 50.2 Å². The molecule has 0 bridgehead atoms. The summed E-state index contributed by atoms with van der Waals surface area (Å²) >= 11 is 0. The van der Waals surface area contributed by atoms with Crippen LogP contribution in [-0.2, 0) is 0 Å². The first-order valence-electron chi connectivity index (χ1n) is 11.0. The van der Waals surface area contributed by atoms with E-state index in [9.17, 15) is 4.79 Å². The molecule has 1 saturated heterocycles. The molecule has 1 aliphatic heterocycles. The van der Waals surface area contributed by atoms with Gasteiger partial charge in [-0.3, -0.25) is 9.20 Å². The highest BCUT2D eigenvalue weighted by Crippen LogP contribution is 2.21. The molecule has 0 aliphatic carbocycles. The zero-order valence-corrected chi connectivity index (χ0v) is 19.1. The Kier molecular flexibility index (Phi) is 7.58. The number of hydrogen-bond acceptors (Lipinski definition) is 5. The van der Waals surface area contributed by atoms with Crippen molar-refractivity contribution in [2.75, 3.05) is 38.1 Å². The molecule has 1 aliphatic rings. The van der Waals surface area contributed by atoms with E-state index in [1.165, 1.54) is 19.1 Å². The quantitative estimate of drug-likeness (QED) is 0.643. The van der Waals surface area contributed by atoms with Crippen LogP contribution >= 0.6 is 0 Å². The van der Waals surface area contributed by atoms with Gasteiger partial charge in [0.25, 0.3) is 5.56 Å². The fourth-order valence-corrected chi connectivity index (χ4v) is 3.45. The van der Waals surface area contributed by atoms with Crippen LogP contribution in [0.1, 0.15) is 37.8 Å². The number of likely N-dealkylation sites (N-methyl/N-ethyl adjacent to an activating group) is 1. The molecule has 0 saturated carbocycles. The van der Waals surface area contributed by atoms with E-state index in [2.05, 4.69) is 35.7 Å². The van der Waals surface area contributed by atoms with E-state index in [-0.39, 0.29) is 5.56 Å². The highest BCUT2D eigenvalue weighted by atomic mass is 16.1. The molecule has 31 heavy (non-hydrogen) atoms. The van der Waals surface area contributed by atoms with Crippen LogP contribution in [0.3, 0.4) is 0 Å². The monoisotopic (exact) mass is 419 g/mol. The summed E-state index contributed by atoms with van der Waals surface area (Å²) in [6.07, 6.45) is 5.85. The molecule has 6 heteroatoms. The van der Waals surface area contributed by atoms with Crippen LogP contribution in [0.2, 0.25) is 0 Å². The van der Waals surface area contributed by atoms with Crippen LogP contribution in [-0.4, -0.2) is 53.7 Å². The molecule has 164 valence electrons. The Balaban J connectivity index is 0.000000628. The smallest absolute Gasteiger partial charge is 0.258 e. The Labute approximate surface area is 184 Å². The van der Waals surface area contributed by atoms with Gasteiger partial charge in [0.05, 0.1) is 11.4 Å². The van der Waals surface area contributed by atoms with E-state index in [1.54, 1.807) is 10.5 Å². The molecule has 0 spiro atoms. The van der Waals surface area contributed by atoms with Gasteiger partial charge in [-0.15, -0.1) is 0 Å². The maximum atomic E-state index is 12.7. The Morgan fingerprint density at radius 1 is 1.03 bits per heavy atom. The molecule has 2 aromatic heterocycles. The third-order valence-electron chi connectivity index (χ3n) is 5.74. The Hall–Kier alpha value is -2.99. The number of anilines is 1. The molecule has 1 fully saturated rings. The number of benzene rings is 1. The molecule has 0 radical (unpaired) electrons. The number of fused-ring (bicyclic) bond motifs is 1. The summed E-state index contributed by atoms with van der Waals surface area (Å²) in [6, 6.07) is 11.3. The number of rotatable bonds is 4. The topological polar surface area (TPSA) is 64.7 Å². The second-order valence-electron chi connectivity index (χ2n) is 8.10. The van der Waals surface area contributed by atoms with Crippen LogP contribution < -0.4 is 10.5 Å². The van der Waals surface area contributed by atoms with Crippen LogP contribution in [0, 0.1) is 12.3 Å². The fourth-order valence-electron chi connectivity index (χ4n) is 3.45. The van der Waals surface area contributed by atoms with Crippen molar-refractivity contribution < 1.29 is 0 Å². The van der Waals surface area contributed by atoms with Crippen LogP contribution in [0.4, 0.5) is 5.69 Å². The molecule has 1 N–H and O–H groups in total. The second kappa shape index (κ2) is 10.4. The largest absolute Gasteiger partial charge is 0.368 e. The predicted molar refractivity (Wildman–Crippen MR) is 130 cm³/mol. The minimum Gasteiger partial charge on any atom is -0.368 e. The molecule has 0 atom stereocenters. The van der Waals surface area contributed by atoms with Crippen LogP contribution in [0.5, 0.6) is 0 Å². The summed E-state index contributed by atoms with van der Waals surface area (Å²) in [4.78, 5) is 22.0. The van der Waals surface area contributed by atoms with Gasteiger partial charge in [-0.25, -0.2) is 4.98 Å². The average Bonchev–Trinajstić information content (AvgIpc) is 2.80. The number of hydrogen-bond donors (Lipinski definition) is 1. The summed E-state index contributed by atoms with van der Waals surface area (Å²) in [5.74, 6) is 0. The zero-order chi connectivity index (χ0) is 22.4.